The average Bonchev–Trinajstić information content (AvgIpc) is 2.35. The first-order chi connectivity index (χ1) is 7.80. The molecule has 2 aliphatic carbocycles. The lowest BCUT2D eigenvalue weighted by Crippen LogP contribution is -2.49. The minimum absolute atomic E-state index is 0.0657. The Morgan fingerprint density at radius 2 is 2.06 bits per heavy atom. The van der Waals surface area contributed by atoms with Gasteiger partial charge in [0.1, 0.15) is 0 Å². The summed E-state index contributed by atoms with van der Waals surface area (Å²) in [5.74, 6) is 0.335. The molecule has 0 radical (unpaired) electrons. The lowest BCUT2D eigenvalue weighted by Gasteiger charge is -2.40. The van der Waals surface area contributed by atoms with E-state index in [9.17, 15) is 10.2 Å². The Balaban J connectivity index is 2.36. The fourth-order valence-electron chi connectivity index (χ4n) is 4.01. The van der Waals surface area contributed by atoms with E-state index in [-0.39, 0.29) is 17.3 Å². The van der Waals surface area contributed by atoms with Crippen LogP contribution in [-0.2, 0) is 0 Å². The van der Waals surface area contributed by atoms with Crippen LogP contribution in [0.25, 0.3) is 0 Å². The Morgan fingerprint density at radius 3 is 2.65 bits per heavy atom. The zero-order valence-electron chi connectivity index (χ0n) is 11.5. The fraction of sp³-hybridized carbons (Fsp3) is 0.867. The van der Waals surface area contributed by atoms with Crippen LogP contribution >= 0.6 is 0 Å². The molecule has 0 bridgehead atoms. The van der Waals surface area contributed by atoms with Crippen LogP contribution in [0.3, 0.4) is 0 Å². The Bertz CT molecular complexity index is 334. The van der Waals surface area contributed by atoms with Gasteiger partial charge in [0.25, 0.3) is 0 Å². The second-order valence-corrected chi connectivity index (χ2v) is 6.76. The van der Waals surface area contributed by atoms with Crippen LogP contribution < -0.4 is 0 Å². The molecule has 0 aliphatic heterocycles. The predicted molar refractivity (Wildman–Crippen MR) is 69.6 cm³/mol. The van der Waals surface area contributed by atoms with E-state index in [1.165, 1.54) is 5.57 Å². The minimum Gasteiger partial charge on any atom is -0.390 e. The first-order valence-electron chi connectivity index (χ1n) is 6.87. The molecular weight excluding hydrogens is 212 g/mol. The molecule has 1 saturated carbocycles. The van der Waals surface area contributed by atoms with E-state index in [0.717, 1.165) is 25.7 Å². The topological polar surface area (TPSA) is 40.5 Å². The molecule has 17 heavy (non-hydrogen) atoms. The highest BCUT2D eigenvalue weighted by Gasteiger charge is 2.59. The van der Waals surface area contributed by atoms with Gasteiger partial charge in [-0.1, -0.05) is 32.4 Å². The van der Waals surface area contributed by atoms with Crippen LogP contribution in [0.15, 0.2) is 11.6 Å². The van der Waals surface area contributed by atoms with Gasteiger partial charge in [-0.25, -0.2) is 0 Å². The Morgan fingerprint density at radius 1 is 1.41 bits per heavy atom. The third-order valence-corrected chi connectivity index (χ3v) is 5.26. The highest BCUT2D eigenvalue weighted by Crippen LogP contribution is 2.57. The monoisotopic (exact) mass is 238 g/mol. The Labute approximate surface area is 105 Å². The summed E-state index contributed by atoms with van der Waals surface area (Å²) in [6, 6.07) is 0. The summed E-state index contributed by atoms with van der Waals surface area (Å²) in [6.07, 6.45) is 5.53. The molecular formula is C15H26O2. The van der Waals surface area contributed by atoms with Crippen LogP contribution in [0, 0.1) is 17.3 Å². The highest BCUT2D eigenvalue weighted by atomic mass is 16.3. The van der Waals surface area contributed by atoms with Gasteiger partial charge in [0, 0.05) is 0 Å². The van der Waals surface area contributed by atoms with Crippen LogP contribution in [0.5, 0.6) is 0 Å². The van der Waals surface area contributed by atoms with E-state index in [1.807, 2.05) is 13.8 Å². The quantitative estimate of drug-likeness (QED) is 0.690. The van der Waals surface area contributed by atoms with Gasteiger partial charge in [0.15, 0.2) is 0 Å². The van der Waals surface area contributed by atoms with Crippen molar-refractivity contribution in [2.24, 2.45) is 17.3 Å². The number of aliphatic hydroxyl groups is 2. The summed E-state index contributed by atoms with van der Waals surface area (Å²) in [7, 11) is 0. The molecule has 98 valence electrons. The number of fused-ring (bicyclic) bond motifs is 1. The molecule has 0 aromatic heterocycles. The molecule has 0 spiro atoms. The number of rotatable bonds is 1. The van der Waals surface area contributed by atoms with Gasteiger partial charge in [0.2, 0.25) is 0 Å². The molecule has 0 amide bonds. The van der Waals surface area contributed by atoms with Crippen LogP contribution in [0.1, 0.15) is 53.4 Å². The van der Waals surface area contributed by atoms with E-state index in [4.69, 9.17) is 0 Å². The molecule has 2 rings (SSSR count). The van der Waals surface area contributed by atoms with Crippen LogP contribution in [-0.4, -0.2) is 21.9 Å². The van der Waals surface area contributed by atoms with Gasteiger partial charge in [-0.2, -0.15) is 0 Å². The Hall–Kier alpha value is -0.340. The standard InChI is InChI=1S/C15H26O2/c1-10(2)15(17)12-6-5-11(3)7-8-14(12,4)9-13(15)16/h7,10,12-13,16-17H,5-6,8-9H2,1-4H3. The second-order valence-electron chi connectivity index (χ2n) is 6.76. The summed E-state index contributed by atoms with van der Waals surface area (Å²) in [5.41, 5.74) is 0.602. The van der Waals surface area contributed by atoms with Gasteiger partial charge >= 0.3 is 0 Å². The number of allylic oxidation sites excluding steroid dienone is 2. The average molecular weight is 238 g/mol. The first kappa shape index (κ1) is 13.1. The van der Waals surface area contributed by atoms with Crippen molar-refractivity contribution in [3.05, 3.63) is 11.6 Å². The van der Waals surface area contributed by atoms with Gasteiger partial charge in [-0.3, -0.25) is 0 Å². The van der Waals surface area contributed by atoms with Crippen LogP contribution in [0.2, 0.25) is 0 Å². The molecule has 0 heterocycles. The van der Waals surface area contributed by atoms with Gasteiger partial charge in [0.05, 0.1) is 11.7 Å². The third-order valence-electron chi connectivity index (χ3n) is 5.26. The smallest absolute Gasteiger partial charge is 0.0961 e. The predicted octanol–water partition coefficient (Wildman–Crippen LogP) is 2.89. The highest BCUT2D eigenvalue weighted by molar-refractivity contribution is 5.16. The normalized spacial score (nSPS) is 46.6. The number of hydrogen-bond donors (Lipinski definition) is 2. The maximum absolute atomic E-state index is 10.9. The van der Waals surface area contributed by atoms with Crippen molar-refractivity contribution in [2.45, 2.75) is 65.1 Å². The minimum atomic E-state index is -0.896. The van der Waals surface area contributed by atoms with Crippen molar-refractivity contribution in [1.29, 1.82) is 0 Å². The van der Waals surface area contributed by atoms with E-state index < -0.39 is 11.7 Å². The zero-order valence-corrected chi connectivity index (χ0v) is 11.5. The SMILES string of the molecule is CC1=CCC2(C)CC(O)C(O)(C(C)C)C2CC1. The van der Waals surface area contributed by atoms with Crippen molar-refractivity contribution in [3.63, 3.8) is 0 Å². The van der Waals surface area contributed by atoms with Gasteiger partial charge in [-0.15, -0.1) is 0 Å². The van der Waals surface area contributed by atoms with Crippen molar-refractivity contribution in [1.82, 2.24) is 0 Å². The Kier molecular flexibility index (Phi) is 3.16. The second kappa shape index (κ2) is 4.10. The molecule has 2 aliphatic rings. The van der Waals surface area contributed by atoms with E-state index in [0.29, 0.717) is 0 Å². The van der Waals surface area contributed by atoms with Gasteiger partial charge in [-0.05, 0) is 49.9 Å². The van der Waals surface area contributed by atoms with Crippen molar-refractivity contribution in [2.75, 3.05) is 0 Å². The van der Waals surface area contributed by atoms with E-state index in [2.05, 4.69) is 19.9 Å². The molecule has 2 heteroatoms. The van der Waals surface area contributed by atoms with Crippen molar-refractivity contribution in [3.8, 4) is 0 Å². The molecule has 0 aromatic carbocycles. The number of aliphatic hydroxyl groups excluding tert-OH is 1. The molecule has 2 N–H and O–H groups in total. The number of hydrogen-bond acceptors (Lipinski definition) is 2. The fourth-order valence-corrected chi connectivity index (χ4v) is 4.01. The summed E-state index contributed by atoms with van der Waals surface area (Å²) >= 11 is 0. The summed E-state index contributed by atoms with van der Waals surface area (Å²) in [6.45, 7) is 8.46. The zero-order chi connectivity index (χ0) is 12.8. The van der Waals surface area contributed by atoms with Crippen molar-refractivity contribution >= 4 is 0 Å². The first-order valence-corrected chi connectivity index (χ1v) is 6.87. The molecule has 0 aromatic rings. The molecule has 2 nitrogen and oxygen atoms in total. The van der Waals surface area contributed by atoms with Crippen LogP contribution in [0.4, 0.5) is 0 Å². The lowest BCUT2D eigenvalue weighted by atomic mass is 9.69. The molecule has 0 saturated heterocycles. The lowest BCUT2D eigenvalue weighted by molar-refractivity contribution is -0.121. The molecule has 4 atom stereocenters. The summed E-state index contributed by atoms with van der Waals surface area (Å²) < 4.78 is 0. The maximum atomic E-state index is 10.9. The van der Waals surface area contributed by atoms with Crippen molar-refractivity contribution < 1.29 is 10.2 Å². The van der Waals surface area contributed by atoms with E-state index >= 15 is 0 Å². The maximum Gasteiger partial charge on any atom is 0.0961 e. The van der Waals surface area contributed by atoms with E-state index in [1.54, 1.807) is 0 Å². The molecule has 4 unspecified atom stereocenters. The largest absolute Gasteiger partial charge is 0.390 e. The summed E-state index contributed by atoms with van der Waals surface area (Å²) in [4.78, 5) is 0. The third kappa shape index (κ3) is 1.86. The summed E-state index contributed by atoms with van der Waals surface area (Å²) in [5, 5.41) is 21.2. The molecule has 1 fully saturated rings. The van der Waals surface area contributed by atoms with Gasteiger partial charge < -0.3 is 10.2 Å².